The van der Waals surface area contributed by atoms with Crippen molar-refractivity contribution < 1.29 is 9.47 Å². The van der Waals surface area contributed by atoms with Crippen molar-refractivity contribution in [3.8, 4) is 16.9 Å². The lowest BCUT2D eigenvalue weighted by atomic mass is 10.00. The number of anilines is 3. The van der Waals surface area contributed by atoms with Crippen LogP contribution in [0, 0.1) is 0 Å². The van der Waals surface area contributed by atoms with Gasteiger partial charge in [0.05, 0.1) is 18.5 Å². The summed E-state index contributed by atoms with van der Waals surface area (Å²) in [7, 11) is 5.89. The second-order valence-corrected chi connectivity index (χ2v) is 12.2. The van der Waals surface area contributed by atoms with Crippen LogP contribution < -0.4 is 20.3 Å². The zero-order valence-electron chi connectivity index (χ0n) is 26.4. The van der Waals surface area contributed by atoms with Gasteiger partial charge in [0.2, 0.25) is 0 Å². The molecule has 3 aliphatic heterocycles. The Labute approximate surface area is 256 Å². The van der Waals surface area contributed by atoms with E-state index in [0.29, 0.717) is 12.1 Å². The molecule has 0 bridgehead atoms. The van der Waals surface area contributed by atoms with Crippen LogP contribution >= 0.6 is 0 Å². The van der Waals surface area contributed by atoms with Gasteiger partial charge in [-0.3, -0.25) is 4.90 Å². The standard InChI is InChI=1S/C33H48N8O2/c1-5-6-27-32(36-24-11-19-43-20-12-24)38-30-26(22-35-33(34-2)31(30)37-27)23-7-8-28(29(21-23)42-4)41-13-9-25(10-14-41)40-17-15-39(3)16-18-40/h7-8,21-22,24-25H,5-6,9-20H2,1-4H3,(H,34,35)(H,36,38). The molecule has 10 nitrogen and oxygen atoms in total. The van der Waals surface area contributed by atoms with Crippen molar-refractivity contribution in [2.24, 2.45) is 0 Å². The van der Waals surface area contributed by atoms with Gasteiger partial charge in [0, 0.05) is 83.4 Å². The molecule has 43 heavy (non-hydrogen) atoms. The highest BCUT2D eigenvalue weighted by Gasteiger charge is 2.28. The van der Waals surface area contributed by atoms with Crippen molar-refractivity contribution in [2.45, 2.75) is 57.5 Å². The zero-order valence-corrected chi connectivity index (χ0v) is 26.4. The van der Waals surface area contributed by atoms with E-state index in [1.54, 1.807) is 7.11 Å². The van der Waals surface area contributed by atoms with Crippen molar-refractivity contribution in [3.05, 3.63) is 30.1 Å². The van der Waals surface area contributed by atoms with Crippen LogP contribution in [0.3, 0.4) is 0 Å². The van der Waals surface area contributed by atoms with E-state index >= 15 is 0 Å². The Bertz CT molecular complexity index is 1380. The SMILES string of the molecule is CCCc1nc2c(NC)ncc(-c3ccc(N4CCC(N5CCN(C)CC5)CC4)c(OC)c3)c2nc1NC1CCOCC1. The second-order valence-electron chi connectivity index (χ2n) is 12.2. The lowest BCUT2D eigenvalue weighted by Gasteiger charge is -2.42. The summed E-state index contributed by atoms with van der Waals surface area (Å²) in [5, 5.41) is 6.95. The summed E-state index contributed by atoms with van der Waals surface area (Å²) >= 11 is 0. The Kier molecular flexibility index (Phi) is 9.45. The molecule has 6 rings (SSSR count). The summed E-state index contributed by atoms with van der Waals surface area (Å²) in [5.74, 6) is 2.51. The molecule has 0 unspecified atom stereocenters. The number of nitrogens with one attached hydrogen (secondary N) is 2. The monoisotopic (exact) mass is 588 g/mol. The minimum absolute atomic E-state index is 0.338. The Morgan fingerprint density at radius 1 is 0.953 bits per heavy atom. The van der Waals surface area contributed by atoms with E-state index in [-0.39, 0.29) is 0 Å². The number of aryl methyl sites for hydroxylation is 1. The van der Waals surface area contributed by atoms with Gasteiger partial charge in [0.1, 0.15) is 22.6 Å². The Morgan fingerprint density at radius 2 is 1.72 bits per heavy atom. The third-order valence-electron chi connectivity index (χ3n) is 9.41. The average Bonchev–Trinajstić information content (AvgIpc) is 3.05. The van der Waals surface area contributed by atoms with Crippen molar-refractivity contribution in [1.29, 1.82) is 0 Å². The van der Waals surface area contributed by atoms with Crippen LogP contribution in [0.2, 0.25) is 0 Å². The molecular formula is C33H48N8O2. The fraction of sp³-hybridized carbons (Fsp3) is 0.606. The van der Waals surface area contributed by atoms with Gasteiger partial charge >= 0.3 is 0 Å². The van der Waals surface area contributed by atoms with Crippen LogP contribution in [0.5, 0.6) is 5.75 Å². The van der Waals surface area contributed by atoms with Crippen LogP contribution in [-0.4, -0.2) is 111 Å². The van der Waals surface area contributed by atoms with Crippen LogP contribution in [0.4, 0.5) is 17.3 Å². The molecule has 0 radical (unpaired) electrons. The predicted octanol–water partition coefficient (Wildman–Crippen LogP) is 4.50. The van der Waals surface area contributed by atoms with E-state index < -0.39 is 0 Å². The Hall–Kier alpha value is -3.21. The fourth-order valence-electron chi connectivity index (χ4n) is 6.80. The molecule has 232 valence electrons. The maximum atomic E-state index is 6.00. The number of methoxy groups -OCH3 is 1. The van der Waals surface area contributed by atoms with Crippen LogP contribution in [0.25, 0.3) is 22.2 Å². The van der Waals surface area contributed by atoms with E-state index in [0.717, 1.165) is 103 Å². The first-order valence-electron chi connectivity index (χ1n) is 16.2. The molecule has 2 aromatic heterocycles. The first kappa shape index (κ1) is 29.8. The highest BCUT2D eigenvalue weighted by atomic mass is 16.5. The lowest BCUT2D eigenvalue weighted by molar-refractivity contribution is 0.0903. The second kappa shape index (κ2) is 13.6. The molecule has 0 aliphatic carbocycles. The molecule has 5 heterocycles. The maximum Gasteiger partial charge on any atom is 0.153 e. The summed E-state index contributed by atoms with van der Waals surface area (Å²) < 4.78 is 11.6. The molecule has 0 amide bonds. The molecule has 3 aliphatic rings. The number of pyridine rings is 1. The average molecular weight is 589 g/mol. The van der Waals surface area contributed by atoms with E-state index in [9.17, 15) is 0 Å². The number of rotatable bonds is 9. The number of hydrogen-bond donors (Lipinski definition) is 2. The third-order valence-corrected chi connectivity index (χ3v) is 9.41. The Balaban J connectivity index is 1.29. The molecule has 0 spiro atoms. The predicted molar refractivity (Wildman–Crippen MR) is 175 cm³/mol. The molecule has 3 fully saturated rings. The number of hydrogen-bond acceptors (Lipinski definition) is 10. The highest BCUT2D eigenvalue weighted by molar-refractivity contribution is 5.98. The topological polar surface area (TPSA) is 90.9 Å². The summed E-state index contributed by atoms with van der Waals surface area (Å²) in [6.07, 6.45) is 8.09. The van der Waals surface area contributed by atoms with Gasteiger partial charge in [-0.25, -0.2) is 15.0 Å². The van der Waals surface area contributed by atoms with Gasteiger partial charge in [0.15, 0.2) is 5.82 Å². The van der Waals surface area contributed by atoms with Crippen molar-refractivity contribution in [3.63, 3.8) is 0 Å². The van der Waals surface area contributed by atoms with Crippen molar-refractivity contribution >= 4 is 28.4 Å². The van der Waals surface area contributed by atoms with E-state index in [4.69, 9.17) is 24.4 Å². The quantitative estimate of drug-likeness (QED) is 0.372. The van der Waals surface area contributed by atoms with Gasteiger partial charge in [-0.1, -0.05) is 19.4 Å². The molecule has 10 heteroatoms. The largest absolute Gasteiger partial charge is 0.495 e. The summed E-state index contributed by atoms with van der Waals surface area (Å²) in [4.78, 5) is 22.8. The van der Waals surface area contributed by atoms with E-state index in [1.807, 2.05) is 13.2 Å². The summed E-state index contributed by atoms with van der Waals surface area (Å²) in [5.41, 5.74) is 5.78. The van der Waals surface area contributed by atoms with Crippen LogP contribution in [0.1, 0.15) is 44.7 Å². The maximum absolute atomic E-state index is 6.00. The highest BCUT2D eigenvalue weighted by Crippen LogP contribution is 2.38. The van der Waals surface area contributed by atoms with Gasteiger partial charge in [-0.15, -0.1) is 0 Å². The van der Waals surface area contributed by atoms with Gasteiger partial charge in [-0.2, -0.15) is 0 Å². The fourth-order valence-corrected chi connectivity index (χ4v) is 6.80. The Morgan fingerprint density at radius 3 is 2.42 bits per heavy atom. The molecule has 3 saturated heterocycles. The normalized spacial score (nSPS) is 19.6. The molecule has 1 aromatic carbocycles. The van der Waals surface area contributed by atoms with Crippen molar-refractivity contribution in [1.82, 2.24) is 24.8 Å². The number of nitrogens with zero attached hydrogens (tertiary/aromatic N) is 6. The van der Waals surface area contributed by atoms with E-state index in [1.165, 1.54) is 39.0 Å². The summed E-state index contributed by atoms with van der Waals surface area (Å²) in [6, 6.07) is 7.56. The van der Waals surface area contributed by atoms with Gasteiger partial charge in [-0.05, 0) is 56.8 Å². The molecule has 0 atom stereocenters. The number of likely N-dealkylation sites (N-methyl/N-ethyl adjacent to an activating group) is 1. The minimum atomic E-state index is 0.338. The molecular weight excluding hydrogens is 540 g/mol. The third kappa shape index (κ3) is 6.51. The number of fused-ring (bicyclic) bond motifs is 1. The first-order valence-corrected chi connectivity index (χ1v) is 16.2. The molecule has 2 N–H and O–H groups in total. The zero-order chi connectivity index (χ0) is 29.8. The smallest absolute Gasteiger partial charge is 0.153 e. The van der Waals surface area contributed by atoms with Gasteiger partial charge < -0.3 is 29.9 Å². The molecule has 0 saturated carbocycles. The number of piperazine rings is 1. The van der Waals surface area contributed by atoms with E-state index in [2.05, 4.69) is 57.5 Å². The number of benzene rings is 1. The first-order chi connectivity index (χ1) is 21.1. The van der Waals surface area contributed by atoms with Crippen LogP contribution in [0.15, 0.2) is 24.4 Å². The van der Waals surface area contributed by atoms with Crippen molar-refractivity contribution in [2.75, 3.05) is 89.2 Å². The lowest BCUT2D eigenvalue weighted by Crippen LogP contribution is -2.52. The molecule has 3 aromatic rings. The van der Waals surface area contributed by atoms with Gasteiger partial charge in [0.25, 0.3) is 0 Å². The minimum Gasteiger partial charge on any atom is -0.495 e. The number of piperidine rings is 1. The van der Waals surface area contributed by atoms with Crippen LogP contribution in [-0.2, 0) is 11.2 Å². The number of aromatic nitrogens is 3. The number of ether oxygens (including phenoxy) is 2. The summed E-state index contributed by atoms with van der Waals surface area (Å²) in [6.45, 7) is 10.5.